The lowest BCUT2D eigenvalue weighted by atomic mass is 9.89. The summed E-state index contributed by atoms with van der Waals surface area (Å²) in [5, 5.41) is 11.1. The molecular weight excluding hydrogens is 464 g/mol. The summed E-state index contributed by atoms with van der Waals surface area (Å²) in [5.41, 5.74) is 5.78. The summed E-state index contributed by atoms with van der Waals surface area (Å²) >= 11 is 0. The molecule has 2 N–H and O–H groups in total. The minimum absolute atomic E-state index is 0.0436. The fraction of sp³-hybridized carbons (Fsp3) is 0.118. The van der Waals surface area contributed by atoms with Gasteiger partial charge in [0.05, 0.1) is 5.52 Å². The Bertz CT molecular complexity index is 1760. The first-order chi connectivity index (χ1) is 18.8. The van der Waals surface area contributed by atoms with Crippen molar-refractivity contribution in [1.29, 1.82) is 0 Å². The van der Waals surface area contributed by atoms with Crippen LogP contribution >= 0.6 is 0 Å². The normalized spacial score (nSPS) is 20.4. The average molecular weight is 493 g/mol. The van der Waals surface area contributed by atoms with Crippen molar-refractivity contribution >= 4 is 28.9 Å². The third kappa shape index (κ3) is 4.29. The Morgan fingerprint density at radius 3 is 2.32 bits per heavy atom. The molecule has 0 saturated heterocycles. The molecule has 4 heteroatoms. The minimum Gasteiger partial charge on any atom is -0.350 e. The van der Waals surface area contributed by atoms with Gasteiger partial charge in [-0.3, -0.25) is 10.3 Å². The Kier molecular flexibility index (Phi) is 5.80. The van der Waals surface area contributed by atoms with Gasteiger partial charge in [-0.15, -0.1) is 0 Å². The Labute approximate surface area is 222 Å². The van der Waals surface area contributed by atoms with E-state index in [1.165, 1.54) is 27.0 Å². The van der Waals surface area contributed by atoms with Crippen molar-refractivity contribution < 1.29 is 0 Å². The molecule has 0 bridgehead atoms. The summed E-state index contributed by atoms with van der Waals surface area (Å²) in [5.74, 6) is 1.21. The molecule has 0 saturated carbocycles. The molecule has 3 unspecified atom stereocenters. The molecule has 0 fully saturated rings. The number of hydrogen-bond acceptors (Lipinski definition) is 4. The van der Waals surface area contributed by atoms with E-state index < -0.39 is 0 Å². The Morgan fingerprint density at radius 1 is 0.711 bits per heavy atom. The van der Waals surface area contributed by atoms with Crippen LogP contribution in [0.2, 0.25) is 0 Å². The van der Waals surface area contributed by atoms with Gasteiger partial charge >= 0.3 is 0 Å². The van der Waals surface area contributed by atoms with Gasteiger partial charge < -0.3 is 5.32 Å². The van der Waals surface area contributed by atoms with Gasteiger partial charge in [-0.1, -0.05) is 115 Å². The van der Waals surface area contributed by atoms with Crippen molar-refractivity contribution in [3.8, 4) is 0 Å². The fourth-order valence-electron chi connectivity index (χ4n) is 5.53. The minimum atomic E-state index is -0.165. The number of nitrogens with zero attached hydrogens (tertiary/aromatic N) is 2. The predicted molar refractivity (Wildman–Crippen MR) is 155 cm³/mol. The van der Waals surface area contributed by atoms with Crippen molar-refractivity contribution in [3.05, 3.63) is 148 Å². The van der Waals surface area contributed by atoms with Crippen molar-refractivity contribution in [2.24, 2.45) is 4.99 Å². The van der Waals surface area contributed by atoms with Crippen molar-refractivity contribution in [2.75, 3.05) is 0 Å². The molecule has 4 nitrogen and oxygen atoms in total. The zero-order valence-corrected chi connectivity index (χ0v) is 21.0. The number of hydrogen-bond donors (Lipinski definition) is 2. The predicted octanol–water partition coefficient (Wildman–Crippen LogP) is 5.32. The van der Waals surface area contributed by atoms with E-state index in [9.17, 15) is 0 Å². The highest BCUT2D eigenvalue weighted by Crippen LogP contribution is 2.29. The highest BCUT2D eigenvalue weighted by atomic mass is 15.3. The molecule has 38 heavy (non-hydrogen) atoms. The van der Waals surface area contributed by atoms with Crippen molar-refractivity contribution in [1.82, 2.24) is 15.6 Å². The lowest BCUT2D eigenvalue weighted by Crippen LogP contribution is -2.44. The molecule has 2 heterocycles. The van der Waals surface area contributed by atoms with Gasteiger partial charge in [0.1, 0.15) is 18.2 Å². The molecule has 7 rings (SSSR count). The average Bonchev–Trinajstić information content (AvgIpc) is 3.01. The zero-order chi connectivity index (χ0) is 25.3. The second kappa shape index (κ2) is 9.73. The van der Waals surface area contributed by atoms with Crippen molar-refractivity contribution in [3.63, 3.8) is 0 Å². The van der Waals surface area contributed by atoms with E-state index in [0.29, 0.717) is 5.92 Å². The topological polar surface area (TPSA) is 49.3 Å². The molecule has 0 amide bonds. The fourth-order valence-corrected chi connectivity index (χ4v) is 5.53. The Morgan fingerprint density at radius 2 is 1.45 bits per heavy atom. The van der Waals surface area contributed by atoms with Crippen LogP contribution in [-0.4, -0.2) is 10.8 Å². The smallest absolute Gasteiger partial charge is 0.131 e. The number of aliphatic imine (C=N–C) groups is 1. The van der Waals surface area contributed by atoms with Crippen molar-refractivity contribution in [2.45, 2.75) is 24.7 Å². The van der Waals surface area contributed by atoms with Crippen LogP contribution < -0.4 is 21.1 Å². The standard InChI is InChI=1S/C34H28N4/c1-3-10-23(11-4-1)32-36-33(24-12-5-2-6-13-24)38-34(37-32)27-15-9-14-25(20-27)26-18-19-28-22-35-31-17-8-7-16-29(31)30(28)21-26/h1-17,19-22,26,32,34,37H,18H2,(H,36,38). The van der Waals surface area contributed by atoms with Crippen LogP contribution in [0, 0.1) is 0 Å². The highest BCUT2D eigenvalue weighted by Gasteiger charge is 2.25. The van der Waals surface area contributed by atoms with Crippen LogP contribution in [-0.2, 0) is 0 Å². The SMILES string of the molecule is C1=c2cnc3ccccc3c2=CC(c2cccc(C3N=C(c4ccccc4)NC(c4ccccc4)N3)c2)C1. The number of pyridine rings is 1. The number of amidine groups is 1. The maximum Gasteiger partial charge on any atom is 0.131 e. The van der Waals surface area contributed by atoms with Gasteiger partial charge in [0, 0.05) is 23.1 Å². The van der Waals surface area contributed by atoms with Gasteiger partial charge in [0.15, 0.2) is 0 Å². The summed E-state index contributed by atoms with van der Waals surface area (Å²) < 4.78 is 0. The first kappa shape index (κ1) is 22.6. The summed E-state index contributed by atoms with van der Waals surface area (Å²) in [7, 11) is 0. The second-order valence-corrected chi connectivity index (χ2v) is 9.93. The zero-order valence-electron chi connectivity index (χ0n) is 21.0. The van der Waals surface area contributed by atoms with Gasteiger partial charge in [-0.05, 0) is 39.6 Å². The molecule has 184 valence electrons. The van der Waals surface area contributed by atoms with Crippen LogP contribution in [0.5, 0.6) is 0 Å². The Hall–Kier alpha value is -4.54. The third-order valence-electron chi connectivity index (χ3n) is 7.51. The van der Waals surface area contributed by atoms with Crippen LogP contribution in [0.15, 0.2) is 120 Å². The number of rotatable bonds is 4. The van der Waals surface area contributed by atoms with E-state index in [1.807, 2.05) is 18.3 Å². The number of fused-ring (bicyclic) bond motifs is 3. The molecule has 4 aromatic carbocycles. The lowest BCUT2D eigenvalue weighted by Gasteiger charge is -2.32. The molecule has 3 atom stereocenters. The van der Waals surface area contributed by atoms with Crippen LogP contribution in [0.1, 0.15) is 46.9 Å². The van der Waals surface area contributed by atoms with Crippen LogP contribution in [0.25, 0.3) is 23.1 Å². The van der Waals surface area contributed by atoms with E-state index in [1.54, 1.807) is 0 Å². The maximum absolute atomic E-state index is 5.13. The summed E-state index contributed by atoms with van der Waals surface area (Å²) in [6.45, 7) is 0. The molecule has 2 aliphatic rings. The lowest BCUT2D eigenvalue weighted by molar-refractivity contribution is 0.409. The summed E-state index contributed by atoms with van der Waals surface area (Å²) in [6.07, 6.45) is 7.50. The first-order valence-corrected chi connectivity index (χ1v) is 13.2. The number of para-hydroxylation sites is 1. The van der Waals surface area contributed by atoms with E-state index in [-0.39, 0.29) is 12.3 Å². The number of aromatic nitrogens is 1. The summed E-state index contributed by atoms with van der Waals surface area (Å²) in [4.78, 5) is 9.78. The van der Waals surface area contributed by atoms with E-state index in [2.05, 4.69) is 125 Å². The molecule has 1 aliphatic carbocycles. The van der Waals surface area contributed by atoms with Crippen LogP contribution in [0.3, 0.4) is 0 Å². The van der Waals surface area contributed by atoms with E-state index in [0.717, 1.165) is 28.9 Å². The molecule has 0 spiro atoms. The third-order valence-corrected chi connectivity index (χ3v) is 7.51. The van der Waals surface area contributed by atoms with E-state index >= 15 is 0 Å². The molecule has 5 aromatic rings. The molecule has 1 aliphatic heterocycles. The van der Waals surface area contributed by atoms with Gasteiger partial charge in [0.25, 0.3) is 0 Å². The number of benzene rings is 4. The molecular formula is C34H28N4. The largest absolute Gasteiger partial charge is 0.350 e. The van der Waals surface area contributed by atoms with Crippen LogP contribution in [0.4, 0.5) is 0 Å². The quantitative estimate of drug-likeness (QED) is 0.357. The second-order valence-electron chi connectivity index (χ2n) is 9.93. The molecule has 1 aromatic heterocycles. The first-order valence-electron chi connectivity index (χ1n) is 13.2. The van der Waals surface area contributed by atoms with E-state index in [4.69, 9.17) is 4.99 Å². The molecule has 0 radical (unpaired) electrons. The monoisotopic (exact) mass is 492 g/mol. The van der Waals surface area contributed by atoms with Gasteiger partial charge in [-0.2, -0.15) is 0 Å². The van der Waals surface area contributed by atoms with Gasteiger partial charge in [-0.25, -0.2) is 4.99 Å². The highest BCUT2D eigenvalue weighted by molar-refractivity contribution is 5.99. The summed E-state index contributed by atoms with van der Waals surface area (Å²) in [6, 6.07) is 38.2. The Balaban J connectivity index is 1.27. The van der Waals surface area contributed by atoms with Gasteiger partial charge in [0.2, 0.25) is 0 Å². The number of nitrogens with one attached hydrogen (secondary N) is 2. The maximum atomic E-state index is 5.13.